The lowest BCUT2D eigenvalue weighted by Crippen LogP contribution is -2.33. The number of β-amino-alcohol motifs (C(OH)–C–C–N with tert-alkyl or cyclic N) is 1. The molecular weight excluding hydrogens is 312 g/mol. The molecule has 2 rings (SSSR count). The summed E-state index contributed by atoms with van der Waals surface area (Å²) in [7, 11) is -0.454. The van der Waals surface area contributed by atoms with E-state index in [1.165, 1.54) is 25.4 Å². The van der Waals surface area contributed by atoms with E-state index in [1.54, 1.807) is 4.90 Å². The van der Waals surface area contributed by atoms with E-state index in [0.717, 1.165) is 9.87 Å². The summed E-state index contributed by atoms with van der Waals surface area (Å²) in [5.41, 5.74) is 0.906. The van der Waals surface area contributed by atoms with Crippen molar-refractivity contribution in [3.8, 4) is 0 Å². The van der Waals surface area contributed by atoms with Crippen molar-refractivity contribution in [1.82, 2.24) is 9.21 Å². The maximum atomic E-state index is 12.4. The van der Waals surface area contributed by atoms with Gasteiger partial charge in [-0.3, -0.25) is 4.79 Å². The van der Waals surface area contributed by atoms with Crippen LogP contribution in [0.5, 0.6) is 0 Å². The van der Waals surface area contributed by atoms with Crippen molar-refractivity contribution in [3.05, 3.63) is 21.9 Å². The number of sulfonamides is 1. The molecular formula is C13H20N2O4S2. The molecule has 0 saturated carbocycles. The summed E-state index contributed by atoms with van der Waals surface area (Å²) in [5.74, 6) is -0.720. The molecule has 0 radical (unpaired) electrons. The number of carbonyl (C=O) groups excluding carboxylic acids is 1. The molecule has 1 aliphatic heterocycles. The summed E-state index contributed by atoms with van der Waals surface area (Å²) in [5, 5.41) is 11.9. The highest BCUT2D eigenvalue weighted by atomic mass is 32.2. The Hall–Kier alpha value is -0.960. The summed E-state index contributed by atoms with van der Waals surface area (Å²) in [4.78, 5) is 14.6. The van der Waals surface area contributed by atoms with Gasteiger partial charge in [-0.2, -0.15) is 0 Å². The van der Waals surface area contributed by atoms with Crippen LogP contribution in [0.15, 0.2) is 11.4 Å². The molecule has 1 aromatic heterocycles. The van der Waals surface area contributed by atoms with Crippen LogP contribution in [0.4, 0.5) is 0 Å². The van der Waals surface area contributed by atoms with Crippen LogP contribution in [0, 0.1) is 12.8 Å². The van der Waals surface area contributed by atoms with Gasteiger partial charge in [-0.25, -0.2) is 12.7 Å². The molecule has 6 nitrogen and oxygen atoms in total. The average Bonchev–Trinajstić information content (AvgIpc) is 2.95. The number of aryl methyl sites for hydroxylation is 1. The van der Waals surface area contributed by atoms with Crippen molar-refractivity contribution >= 4 is 27.3 Å². The monoisotopic (exact) mass is 332 g/mol. The minimum absolute atomic E-state index is 0.133. The quantitative estimate of drug-likeness (QED) is 0.865. The third-order valence-corrected chi connectivity index (χ3v) is 6.70. The van der Waals surface area contributed by atoms with Crippen LogP contribution in [0.25, 0.3) is 0 Å². The van der Waals surface area contributed by atoms with E-state index in [9.17, 15) is 18.3 Å². The normalized spacial score (nSPS) is 23.0. The molecule has 1 aliphatic rings. The highest BCUT2D eigenvalue weighted by Gasteiger charge is 2.38. The van der Waals surface area contributed by atoms with Gasteiger partial charge in [-0.05, 0) is 23.9 Å². The minimum Gasteiger partial charge on any atom is -0.391 e. The van der Waals surface area contributed by atoms with E-state index < -0.39 is 22.0 Å². The smallest absolute Gasteiger partial charge is 0.264 e. The number of hydrogen-bond donors (Lipinski definition) is 1. The van der Waals surface area contributed by atoms with Crippen LogP contribution in [0.1, 0.15) is 15.2 Å². The maximum Gasteiger partial charge on any atom is 0.264 e. The SMILES string of the molecule is Cc1ccsc1C(=O)N1C[C@@H](CS(=O)(=O)N(C)C)[C@H](O)C1. The lowest BCUT2D eigenvalue weighted by atomic mass is 10.1. The number of aliphatic hydroxyl groups excluding tert-OH is 1. The lowest BCUT2D eigenvalue weighted by Gasteiger charge is -2.18. The first-order valence-electron chi connectivity index (χ1n) is 6.64. The minimum atomic E-state index is -3.39. The summed E-state index contributed by atoms with van der Waals surface area (Å²) in [6.45, 7) is 2.32. The van der Waals surface area contributed by atoms with Gasteiger partial charge in [0.15, 0.2) is 0 Å². The molecule has 1 fully saturated rings. The number of thiophene rings is 1. The third kappa shape index (κ3) is 3.45. The van der Waals surface area contributed by atoms with E-state index in [0.29, 0.717) is 4.88 Å². The molecule has 2 heterocycles. The van der Waals surface area contributed by atoms with Gasteiger partial charge in [0.25, 0.3) is 5.91 Å². The van der Waals surface area contributed by atoms with Gasteiger partial charge in [0, 0.05) is 33.1 Å². The van der Waals surface area contributed by atoms with Crippen molar-refractivity contribution in [3.63, 3.8) is 0 Å². The van der Waals surface area contributed by atoms with Gasteiger partial charge < -0.3 is 10.0 Å². The predicted molar refractivity (Wildman–Crippen MR) is 81.9 cm³/mol. The van der Waals surface area contributed by atoms with E-state index in [4.69, 9.17) is 0 Å². The van der Waals surface area contributed by atoms with E-state index in [1.807, 2.05) is 18.4 Å². The van der Waals surface area contributed by atoms with Crippen molar-refractivity contribution in [1.29, 1.82) is 0 Å². The molecule has 1 aromatic rings. The molecule has 0 unspecified atom stereocenters. The van der Waals surface area contributed by atoms with Crippen molar-refractivity contribution < 1.29 is 18.3 Å². The first kappa shape index (κ1) is 16.4. The largest absolute Gasteiger partial charge is 0.391 e. The Morgan fingerprint density at radius 2 is 2.14 bits per heavy atom. The fourth-order valence-corrected chi connectivity index (χ4v) is 4.40. The lowest BCUT2D eigenvalue weighted by molar-refractivity contribution is 0.0769. The Morgan fingerprint density at radius 3 is 2.67 bits per heavy atom. The summed E-state index contributed by atoms with van der Waals surface area (Å²) in [6.07, 6.45) is -0.802. The molecule has 8 heteroatoms. The zero-order valence-corrected chi connectivity index (χ0v) is 13.9. The Kier molecular flexibility index (Phi) is 4.72. The van der Waals surface area contributed by atoms with Gasteiger partial charge in [0.05, 0.1) is 16.7 Å². The number of hydrogen-bond acceptors (Lipinski definition) is 5. The molecule has 118 valence electrons. The number of rotatable bonds is 4. The fraction of sp³-hybridized carbons (Fsp3) is 0.615. The van der Waals surface area contributed by atoms with Crippen LogP contribution in [-0.2, 0) is 10.0 Å². The Morgan fingerprint density at radius 1 is 1.48 bits per heavy atom. The predicted octanol–water partition coefficient (Wildman–Crippen LogP) is 0.381. The number of likely N-dealkylation sites (tertiary alicyclic amines) is 1. The molecule has 0 aromatic carbocycles. The molecule has 1 saturated heterocycles. The van der Waals surface area contributed by atoms with Crippen molar-refractivity contribution in [2.24, 2.45) is 5.92 Å². The van der Waals surface area contributed by atoms with Crippen LogP contribution >= 0.6 is 11.3 Å². The van der Waals surface area contributed by atoms with E-state index in [-0.39, 0.29) is 24.7 Å². The molecule has 0 aliphatic carbocycles. The second-order valence-electron chi connectivity index (χ2n) is 5.53. The Bertz CT molecular complexity index is 624. The van der Waals surface area contributed by atoms with Crippen molar-refractivity contribution in [2.45, 2.75) is 13.0 Å². The third-order valence-electron chi connectivity index (χ3n) is 3.73. The number of amides is 1. The maximum absolute atomic E-state index is 12.4. The molecule has 0 spiro atoms. The second kappa shape index (κ2) is 6.04. The van der Waals surface area contributed by atoms with Crippen LogP contribution in [-0.4, -0.2) is 67.7 Å². The summed E-state index contributed by atoms with van der Waals surface area (Å²) >= 11 is 1.37. The van der Waals surface area contributed by atoms with Gasteiger partial charge in [0.1, 0.15) is 0 Å². The number of carbonyl (C=O) groups is 1. The van der Waals surface area contributed by atoms with E-state index in [2.05, 4.69) is 0 Å². The van der Waals surface area contributed by atoms with Crippen LogP contribution < -0.4 is 0 Å². The molecule has 1 amide bonds. The van der Waals surface area contributed by atoms with Gasteiger partial charge >= 0.3 is 0 Å². The molecule has 21 heavy (non-hydrogen) atoms. The molecule has 2 atom stereocenters. The topological polar surface area (TPSA) is 77.9 Å². The Labute approximate surface area is 129 Å². The standard InChI is InChI=1S/C13H20N2O4S2/c1-9-4-5-20-12(9)13(17)15-6-10(11(16)7-15)8-21(18,19)14(2)3/h4-5,10-11,16H,6-8H2,1-3H3/t10-,11+/m0/s1. The molecule has 0 bridgehead atoms. The summed E-state index contributed by atoms with van der Waals surface area (Å²) in [6, 6.07) is 1.87. The van der Waals surface area contributed by atoms with Gasteiger partial charge in [-0.15, -0.1) is 11.3 Å². The van der Waals surface area contributed by atoms with Crippen molar-refractivity contribution in [2.75, 3.05) is 32.9 Å². The summed E-state index contributed by atoms with van der Waals surface area (Å²) < 4.78 is 25.0. The average molecular weight is 332 g/mol. The van der Waals surface area contributed by atoms with Crippen LogP contribution in [0.3, 0.4) is 0 Å². The van der Waals surface area contributed by atoms with Crippen LogP contribution in [0.2, 0.25) is 0 Å². The first-order valence-corrected chi connectivity index (χ1v) is 9.13. The highest BCUT2D eigenvalue weighted by Crippen LogP contribution is 2.24. The van der Waals surface area contributed by atoms with Gasteiger partial charge in [0.2, 0.25) is 10.0 Å². The first-order chi connectivity index (χ1) is 9.72. The zero-order valence-electron chi connectivity index (χ0n) is 12.3. The van der Waals surface area contributed by atoms with Gasteiger partial charge in [-0.1, -0.05) is 0 Å². The number of nitrogens with zero attached hydrogens (tertiary/aromatic N) is 2. The highest BCUT2D eigenvalue weighted by molar-refractivity contribution is 7.89. The Balaban J connectivity index is 2.08. The second-order valence-corrected chi connectivity index (χ2v) is 8.67. The zero-order chi connectivity index (χ0) is 15.8. The van der Waals surface area contributed by atoms with E-state index >= 15 is 0 Å². The fourth-order valence-electron chi connectivity index (χ4n) is 2.34. The number of aliphatic hydroxyl groups is 1. The molecule has 1 N–H and O–H groups in total.